The van der Waals surface area contributed by atoms with Crippen LogP contribution in [0.4, 0.5) is 0 Å². The number of likely N-dealkylation sites (tertiary alicyclic amines) is 1. The van der Waals surface area contributed by atoms with Crippen molar-refractivity contribution in [3.05, 3.63) is 59.7 Å². The molecule has 1 fully saturated rings. The Hall–Kier alpha value is -2.17. The molecule has 1 atom stereocenters. The normalized spacial score (nSPS) is 18.3. The van der Waals surface area contributed by atoms with Gasteiger partial charge in [0.25, 0.3) is 0 Å². The highest BCUT2D eigenvalue weighted by atomic mass is 16.6. The van der Waals surface area contributed by atoms with E-state index < -0.39 is 6.10 Å². The molecule has 2 aromatic carbocycles. The number of hydrogen-bond donors (Lipinski definition) is 1. The highest BCUT2D eigenvalue weighted by Crippen LogP contribution is 2.36. The molecule has 1 unspecified atom stereocenters. The van der Waals surface area contributed by atoms with E-state index in [1.54, 1.807) is 0 Å². The summed E-state index contributed by atoms with van der Waals surface area (Å²) in [5.74, 6) is 0.800. The second-order valence-electron chi connectivity index (χ2n) is 7.46. The van der Waals surface area contributed by atoms with E-state index >= 15 is 0 Å². The summed E-state index contributed by atoms with van der Waals surface area (Å²) in [5.41, 5.74) is 5.42. The third-order valence-corrected chi connectivity index (χ3v) is 5.42. The van der Waals surface area contributed by atoms with Crippen LogP contribution in [0.15, 0.2) is 53.7 Å². The Morgan fingerprint density at radius 1 is 1.00 bits per heavy atom. The molecule has 26 heavy (non-hydrogen) atoms. The van der Waals surface area contributed by atoms with Crippen LogP contribution < -0.4 is 0 Å². The van der Waals surface area contributed by atoms with E-state index in [1.807, 2.05) is 24.3 Å². The third kappa shape index (κ3) is 3.53. The Bertz CT molecular complexity index is 747. The molecule has 4 rings (SSSR count). The van der Waals surface area contributed by atoms with Crippen molar-refractivity contribution in [1.82, 2.24) is 4.90 Å². The molecule has 0 amide bonds. The van der Waals surface area contributed by atoms with Gasteiger partial charge in [0, 0.05) is 17.7 Å². The fourth-order valence-corrected chi connectivity index (χ4v) is 3.88. The van der Waals surface area contributed by atoms with Gasteiger partial charge in [0.15, 0.2) is 0 Å². The van der Waals surface area contributed by atoms with Gasteiger partial charge in [-0.15, -0.1) is 0 Å². The maximum absolute atomic E-state index is 10.3. The summed E-state index contributed by atoms with van der Waals surface area (Å²) in [6.45, 7) is 5.30. The van der Waals surface area contributed by atoms with E-state index in [2.05, 4.69) is 41.2 Å². The summed E-state index contributed by atoms with van der Waals surface area (Å²) in [6.07, 6.45) is 1.91. The van der Waals surface area contributed by atoms with E-state index in [0.29, 0.717) is 6.54 Å². The largest absolute Gasteiger partial charge is 0.392 e. The number of oxime groups is 1. The van der Waals surface area contributed by atoms with Gasteiger partial charge < -0.3 is 14.8 Å². The molecule has 0 bridgehead atoms. The van der Waals surface area contributed by atoms with Gasteiger partial charge in [-0.1, -0.05) is 60.6 Å². The number of aliphatic hydroxyl groups is 1. The first-order valence-electron chi connectivity index (χ1n) is 9.52. The van der Waals surface area contributed by atoms with Crippen LogP contribution in [0.25, 0.3) is 11.1 Å². The van der Waals surface area contributed by atoms with Crippen LogP contribution in [0.2, 0.25) is 0 Å². The van der Waals surface area contributed by atoms with Crippen LogP contribution in [-0.2, 0) is 4.84 Å². The standard InChI is InChI=1S/C22H26N2O2/c1-16-10-12-24(13-11-16)14-17(25)15-26-23-22-20-8-4-2-6-18(20)19-7-3-5-9-21(19)22/h2-9,16-17,25H,10-15H2,1H3. The van der Waals surface area contributed by atoms with Gasteiger partial charge in [0.05, 0.1) is 0 Å². The smallest absolute Gasteiger partial charge is 0.144 e. The Morgan fingerprint density at radius 3 is 2.12 bits per heavy atom. The number of nitrogens with zero attached hydrogens (tertiary/aromatic N) is 2. The fourth-order valence-electron chi connectivity index (χ4n) is 3.88. The molecule has 1 heterocycles. The van der Waals surface area contributed by atoms with Crippen molar-refractivity contribution in [2.24, 2.45) is 11.1 Å². The van der Waals surface area contributed by atoms with Crippen molar-refractivity contribution >= 4 is 5.71 Å². The summed E-state index contributed by atoms with van der Waals surface area (Å²) in [7, 11) is 0. The van der Waals surface area contributed by atoms with Crippen LogP contribution in [0.5, 0.6) is 0 Å². The molecule has 0 saturated carbocycles. The van der Waals surface area contributed by atoms with Crippen molar-refractivity contribution in [3.8, 4) is 11.1 Å². The molecule has 2 aromatic rings. The molecule has 1 N–H and O–H groups in total. The molecule has 4 heteroatoms. The van der Waals surface area contributed by atoms with Crippen molar-refractivity contribution < 1.29 is 9.94 Å². The Morgan fingerprint density at radius 2 is 1.54 bits per heavy atom. The minimum atomic E-state index is -0.514. The number of fused-ring (bicyclic) bond motifs is 3. The van der Waals surface area contributed by atoms with Crippen LogP contribution in [0.3, 0.4) is 0 Å². The first kappa shape index (κ1) is 17.3. The first-order valence-corrected chi connectivity index (χ1v) is 9.52. The topological polar surface area (TPSA) is 45.1 Å². The number of hydrogen-bond acceptors (Lipinski definition) is 4. The van der Waals surface area contributed by atoms with E-state index in [-0.39, 0.29) is 6.61 Å². The predicted octanol–water partition coefficient (Wildman–Crippen LogP) is 3.53. The fraction of sp³-hybridized carbons (Fsp3) is 0.409. The van der Waals surface area contributed by atoms with Crippen molar-refractivity contribution in [2.75, 3.05) is 26.2 Å². The van der Waals surface area contributed by atoms with E-state index in [4.69, 9.17) is 4.84 Å². The second-order valence-corrected chi connectivity index (χ2v) is 7.46. The van der Waals surface area contributed by atoms with E-state index in [1.165, 1.54) is 24.0 Å². The highest BCUT2D eigenvalue weighted by molar-refractivity contribution is 6.24. The molecule has 136 valence electrons. The lowest BCUT2D eigenvalue weighted by Crippen LogP contribution is -2.39. The lowest BCUT2D eigenvalue weighted by atomic mass is 9.99. The molecular weight excluding hydrogens is 324 g/mol. The van der Waals surface area contributed by atoms with E-state index in [0.717, 1.165) is 35.8 Å². The molecule has 0 aromatic heterocycles. The second kappa shape index (κ2) is 7.60. The van der Waals surface area contributed by atoms with Crippen LogP contribution in [0, 0.1) is 5.92 Å². The summed E-state index contributed by atoms with van der Waals surface area (Å²) in [4.78, 5) is 7.89. The SMILES string of the molecule is CC1CCN(CC(O)CON=C2c3ccccc3-c3ccccc32)CC1. The van der Waals surface area contributed by atoms with Gasteiger partial charge in [-0.2, -0.15) is 0 Å². The van der Waals surface area contributed by atoms with Crippen LogP contribution in [-0.4, -0.2) is 48.1 Å². The first-order chi connectivity index (χ1) is 12.7. The van der Waals surface area contributed by atoms with E-state index in [9.17, 15) is 5.11 Å². The Balaban J connectivity index is 1.41. The zero-order valence-corrected chi connectivity index (χ0v) is 15.3. The molecule has 2 aliphatic rings. The van der Waals surface area contributed by atoms with Gasteiger partial charge in [0.1, 0.15) is 18.4 Å². The predicted molar refractivity (Wildman–Crippen MR) is 104 cm³/mol. The minimum Gasteiger partial charge on any atom is -0.392 e. The average molecular weight is 350 g/mol. The van der Waals surface area contributed by atoms with Crippen LogP contribution in [0.1, 0.15) is 30.9 Å². The van der Waals surface area contributed by atoms with Gasteiger partial charge in [-0.05, 0) is 43.0 Å². The number of benzene rings is 2. The summed E-state index contributed by atoms with van der Waals surface area (Å²) < 4.78 is 0. The van der Waals surface area contributed by atoms with Gasteiger partial charge >= 0.3 is 0 Å². The number of piperidine rings is 1. The maximum Gasteiger partial charge on any atom is 0.144 e. The van der Waals surface area contributed by atoms with Crippen LogP contribution >= 0.6 is 0 Å². The lowest BCUT2D eigenvalue weighted by molar-refractivity contribution is 0.0134. The summed E-state index contributed by atoms with van der Waals surface area (Å²) in [6, 6.07) is 16.5. The monoisotopic (exact) mass is 350 g/mol. The number of aliphatic hydroxyl groups excluding tert-OH is 1. The number of rotatable bonds is 5. The minimum absolute atomic E-state index is 0.222. The van der Waals surface area contributed by atoms with Crippen molar-refractivity contribution in [2.45, 2.75) is 25.9 Å². The molecule has 1 aliphatic carbocycles. The molecule has 1 saturated heterocycles. The maximum atomic E-state index is 10.3. The molecule has 4 nitrogen and oxygen atoms in total. The third-order valence-electron chi connectivity index (χ3n) is 5.42. The number of β-amino-alcohol motifs (C(OH)–C–C–N with tert-alkyl or cyclic N) is 1. The molecule has 1 aliphatic heterocycles. The van der Waals surface area contributed by atoms with Crippen molar-refractivity contribution in [3.63, 3.8) is 0 Å². The molecule has 0 radical (unpaired) electrons. The quantitative estimate of drug-likeness (QED) is 0.716. The summed E-state index contributed by atoms with van der Waals surface area (Å²) in [5, 5.41) is 14.7. The summed E-state index contributed by atoms with van der Waals surface area (Å²) >= 11 is 0. The molecular formula is C22H26N2O2. The van der Waals surface area contributed by atoms with Gasteiger partial charge in [0.2, 0.25) is 0 Å². The van der Waals surface area contributed by atoms with Gasteiger partial charge in [-0.25, -0.2) is 0 Å². The highest BCUT2D eigenvalue weighted by Gasteiger charge is 2.25. The average Bonchev–Trinajstić information content (AvgIpc) is 2.98. The zero-order chi connectivity index (χ0) is 17.9. The Labute approximate surface area is 155 Å². The Kier molecular flexibility index (Phi) is 5.05. The lowest BCUT2D eigenvalue weighted by Gasteiger charge is -2.31. The van der Waals surface area contributed by atoms with Crippen molar-refractivity contribution in [1.29, 1.82) is 0 Å². The van der Waals surface area contributed by atoms with Gasteiger partial charge in [-0.3, -0.25) is 0 Å². The molecule has 0 spiro atoms. The zero-order valence-electron chi connectivity index (χ0n) is 15.3.